The van der Waals surface area contributed by atoms with Crippen molar-refractivity contribution < 1.29 is 37.6 Å². The van der Waals surface area contributed by atoms with E-state index < -0.39 is 34.7 Å². The van der Waals surface area contributed by atoms with Crippen molar-refractivity contribution in [3.63, 3.8) is 0 Å². The van der Waals surface area contributed by atoms with Gasteiger partial charge in [0.2, 0.25) is 0 Å². The quantitative estimate of drug-likeness (QED) is 0.185. The predicted molar refractivity (Wildman–Crippen MR) is 221 cm³/mol. The Morgan fingerprint density at radius 3 is 1.30 bits per heavy atom. The zero-order valence-corrected chi connectivity index (χ0v) is 35.9. The van der Waals surface area contributed by atoms with Crippen LogP contribution in [0.3, 0.4) is 0 Å². The van der Waals surface area contributed by atoms with Crippen molar-refractivity contribution in [3.05, 3.63) is 97.2 Å². The third-order valence-corrected chi connectivity index (χ3v) is 12.8. The third-order valence-electron chi connectivity index (χ3n) is 11.2. The fraction of sp³-hybridized carbons (Fsp3) is 0.571. The second-order valence-corrected chi connectivity index (χ2v) is 16.7. The van der Waals surface area contributed by atoms with Crippen molar-refractivity contribution in [3.8, 4) is 5.75 Å². The predicted octanol–water partition coefficient (Wildman–Crippen LogP) is 10.4. The number of rotatable bonds is 9. The van der Waals surface area contributed by atoms with Gasteiger partial charge in [-0.05, 0) is 89.2 Å². The van der Waals surface area contributed by atoms with Gasteiger partial charge in [-0.15, -0.1) is 13.2 Å². The molecule has 3 N–H and O–H groups in total. The summed E-state index contributed by atoms with van der Waals surface area (Å²) in [5.74, 6) is -2.05. The van der Waals surface area contributed by atoms with Crippen molar-refractivity contribution in [1.82, 2.24) is 14.7 Å². The number of alkyl halides is 3. The number of halogens is 8. The Bertz CT molecular complexity index is 1730. The topological polar surface area (TPSA) is 79.6 Å². The van der Waals surface area contributed by atoms with Gasteiger partial charge in [0.25, 0.3) is 0 Å². The van der Waals surface area contributed by atoms with Gasteiger partial charge in [-0.1, -0.05) is 104 Å². The Morgan fingerprint density at radius 1 is 0.579 bits per heavy atom. The van der Waals surface area contributed by atoms with Gasteiger partial charge < -0.3 is 34.8 Å². The van der Waals surface area contributed by atoms with Crippen molar-refractivity contribution in [2.75, 3.05) is 58.9 Å². The molecule has 3 heterocycles. The standard InChI is InChI=1S/C15H19F4NO2.C14H19Cl2NO.C13H17Cl2NO/c1-2-8-20-9-6-14(21,7-10-20)11-4-3-5-12(13(11)16)22-15(17,18)19;1-2-8-17-9-6-14(18,7-10-17)11-4-3-5-12(15)13(11)16;1-2-16-8-6-13(17,7-9-16)10-4-3-5-11(14)12(10)15/h3-5,21H,2,6-10H2,1H3;3-5,18H,2,6-10H2,1H3;3-5,17H,2,6-9H2,1H3. The maximum atomic E-state index is 14.3. The molecule has 57 heavy (non-hydrogen) atoms. The molecule has 0 radical (unpaired) electrons. The zero-order chi connectivity index (χ0) is 42.0. The van der Waals surface area contributed by atoms with E-state index in [4.69, 9.17) is 46.4 Å². The maximum Gasteiger partial charge on any atom is 0.573 e. The van der Waals surface area contributed by atoms with Gasteiger partial charge in [-0.2, -0.15) is 0 Å². The Morgan fingerprint density at radius 2 is 0.930 bits per heavy atom. The van der Waals surface area contributed by atoms with Gasteiger partial charge in [0.15, 0.2) is 11.6 Å². The Labute approximate surface area is 354 Å². The molecule has 318 valence electrons. The fourth-order valence-electron chi connectivity index (χ4n) is 7.77. The van der Waals surface area contributed by atoms with Crippen LogP contribution in [0.1, 0.15) is 88.8 Å². The molecular formula is C42H55Cl4F4N3O4. The Hall–Kier alpha value is -1.90. The fourth-order valence-corrected chi connectivity index (χ4v) is 8.73. The summed E-state index contributed by atoms with van der Waals surface area (Å²) >= 11 is 24.4. The molecule has 3 aliphatic rings. The molecular weight excluding hydrogens is 828 g/mol. The smallest absolute Gasteiger partial charge is 0.403 e. The average molecular weight is 884 g/mol. The van der Waals surface area contributed by atoms with E-state index >= 15 is 0 Å². The average Bonchev–Trinajstić information content (AvgIpc) is 3.17. The molecule has 15 heteroatoms. The molecule has 3 aromatic carbocycles. The molecule has 6 rings (SSSR count). The number of piperidine rings is 3. The molecule has 3 saturated heterocycles. The molecule has 0 aliphatic carbocycles. The van der Waals surface area contributed by atoms with Gasteiger partial charge >= 0.3 is 6.36 Å². The van der Waals surface area contributed by atoms with Crippen molar-refractivity contribution in [2.45, 2.75) is 95.3 Å². The highest BCUT2D eigenvalue weighted by Gasteiger charge is 2.40. The van der Waals surface area contributed by atoms with E-state index in [2.05, 4.69) is 33.3 Å². The minimum absolute atomic E-state index is 0.134. The highest BCUT2D eigenvalue weighted by Crippen LogP contribution is 2.41. The largest absolute Gasteiger partial charge is 0.573 e. The monoisotopic (exact) mass is 881 g/mol. The highest BCUT2D eigenvalue weighted by molar-refractivity contribution is 6.43. The van der Waals surface area contributed by atoms with Crippen LogP contribution in [0.4, 0.5) is 17.6 Å². The van der Waals surface area contributed by atoms with Gasteiger partial charge in [-0.3, -0.25) is 0 Å². The molecule has 3 fully saturated rings. The second-order valence-electron chi connectivity index (χ2n) is 15.1. The van der Waals surface area contributed by atoms with Crippen LogP contribution in [0.2, 0.25) is 20.1 Å². The normalized spacial score (nSPS) is 19.8. The van der Waals surface area contributed by atoms with E-state index in [-0.39, 0.29) is 18.4 Å². The van der Waals surface area contributed by atoms with E-state index in [9.17, 15) is 32.9 Å². The van der Waals surface area contributed by atoms with Gasteiger partial charge in [0.1, 0.15) is 0 Å². The molecule has 0 bridgehead atoms. The molecule has 0 unspecified atom stereocenters. The zero-order valence-electron chi connectivity index (χ0n) is 32.8. The van der Waals surface area contributed by atoms with Crippen LogP contribution in [-0.2, 0) is 16.8 Å². The molecule has 0 saturated carbocycles. The SMILES string of the molecule is CCCN1CCC(O)(c2cccc(Cl)c2Cl)CC1.CCCN1CCC(O)(c2cccc(OC(F)(F)F)c2F)CC1.CCN1CCC(O)(c2cccc(Cl)c2Cl)CC1. The minimum Gasteiger partial charge on any atom is -0.403 e. The van der Waals surface area contributed by atoms with E-state index in [0.717, 1.165) is 75.8 Å². The van der Waals surface area contributed by atoms with Crippen LogP contribution in [0, 0.1) is 5.82 Å². The van der Waals surface area contributed by atoms with Gasteiger partial charge in [-0.25, -0.2) is 4.39 Å². The Balaban J connectivity index is 0.000000191. The summed E-state index contributed by atoms with van der Waals surface area (Å²) in [5, 5.41) is 34.1. The van der Waals surface area contributed by atoms with Crippen molar-refractivity contribution in [2.24, 2.45) is 0 Å². The summed E-state index contributed by atoms with van der Waals surface area (Å²) in [6, 6.07) is 14.4. The summed E-state index contributed by atoms with van der Waals surface area (Å²) in [4.78, 5) is 6.85. The molecule has 0 aromatic heterocycles. The molecule has 7 nitrogen and oxygen atoms in total. The van der Waals surface area contributed by atoms with Gasteiger partial charge in [0, 0.05) is 56.0 Å². The lowest BCUT2D eigenvalue weighted by atomic mass is 9.84. The Kier molecular flexibility index (Phi) is 17.7. The number of aliphatic hydroxyl groups is 3. The lowest BCUT2D eigenvalue weighted by molar-refractivity contribution is -0.275. The molecule has 0 amide bonds. The first-order chi connectivity index (χ1) is 26.9. The number of nitrogens with zero attached hydrogens (tertiary/aromatic N) is 3. The van der Waals surface area contributed by atoms with E-state index in [1.165, 1.54) is 12.1 Å². The summed E-state index contributed by atoms with van der Waals surface area (Å²) in [5.41, 5.74) is -1.71. The molecule has 3 aromatic rings. The van der Waals surface area contributed by atoms with E-state index in [1.807, 2.05) is 31.2 Å². The van der Waals surface area contributed by atoms with Crippen LogP contribution >= 0.6 is 46.4 Å². The molecule has 0 atom stereocenters. The lowest BCUT2D eigenvalue weighted by Gasteiger charge is -2.39. The minimum atomic E-state index is -4.97. The summed E-state index contributed by atoms with van der Waals surface area (Å²) in [7, 11) is 0. The van der Waals surface area contributed by atoms with Gasteiger partial charge in [0.05, 0.1) is 36.9 Å². The van der Waals surface area contributed by atoms with Crippen LogP contribution in [0.15, 0.2) is 54.6 Å². The van der Waals surface area contributed by atoms with Crippen LogP contribution in [0.5, 0.6) is 5.75 Å². The number of ether oxygens (including phenoxy) is 1. The highest BCUT2D eigenvalue weighted by atomic mass is 35.5. The summed E-state index contributed by atoms with van der Waals surface area (Å²) in [6.07, 6.45) is 0.561. The summed E-state index contributed by atoms with van der Waals surface area (Å²) < 4.78 is 54.8. The van der Waals surface area contributed by atoms with Crippen LogP contribution in [0.25, 0.3) is 0 Å². The molecule has 0 spiro atoms. The first kappa shape index (κ1) is 47.8. The second kappa shape index (κ2) is 21.1. The first-order valence-corrected chi connectivity index (χ1v) is 21.2. The number of hydrogen-bond donors (Lipinski definition) is 3. The maximum absolute atomic E-state index is 14.3. The van der Waals surface area contributed by atoms with Crippen LogP contribution < -0.4 is 4.74 Å². The van der Waals surface area contributed by atoms with E-state index in [0.29, 0.717) is 58.9 Å². The number of hydrogen-bond acceptors (Lipinski definition) is 7. The third kappa shape index (κ3) is 12.8. The molecule has 3 aliphatic heterocycles. The summed E-state index contributed by atoms with van der Waals surface area (Å²) in [6.45, 7) is 14.1. The van der Waals surface area contributed by atoms with Crippen molar-refractivity contribution >= 4 is 46.4 Å². The first-order valence-electron chi connectivity index (χ1n) is 19.7. The lowest BCUT2D eigenvalue weighted by Crippen LogP contribution is -2.43. The van der Waals surface area contributed by atoms with E-state index in [1.54, 1.807) is 12.1 Å². The number of likely N-dealkylation sites (tertiary alicyclic amines) is 3. The number of benzene rings is 3. The van der Waals surface area contributed by atoms with Crippen LogP contribution in [-0.4, -0.2) is 95.3 Å². The van der Waals surface area contributed by atoms with Crippen molar-refractivity contribution in [1.29, 1.82) is 0 Å².